The van der Waals surface area contributed by atoms with Gasteiger partial charge in [0.1, 0.15) is 5.82 Å². The molecular weight excluding hydrogens is 239 g/mol. The van der Waals surface area contributed by atoms with Gasteiger partial charge >= 0.3 is 0 Å². The Labute approximate surface area is 116 Å². The third-order valence-corrected chi connectivity index (χ3v) is 4.11. The van der Waals surface area contributed by atoms with Crippen LogP contribution in [0.3, 0.4) is 0 Å². The van der Waals surface area contributed by atoms with E-state index in [1.807, 2.05) is 12.1 Å². The second-order valence-corrected chi connectivity index (χ2v) is 5.98. The zero-order valence-corrected chi connectivity index (χ0v) is 12.2. The molecule has 0 amide bonds. The van der Waals surface area contributed by atoms with Crippen molar-refractivity contribution in [2.45, 2.75) is 39.3 Å². The van der Waals surface area contributed by atoms with Gasteiger partial charge in [-0.15, -0.1) is 0 Å². The summed E-state index contributed by atoms with van der Waals surface area (Å²) in [6.45, 7) is 10.1. The highest BCUT2D eigenvalue weighted by Gasteiger charge is 2.24. The number of piperazine rings is 1. The molecule has 106 valence electrons. The van der Waals surface area contributed by atoms with E-state index in [0.717, 1.165) is 26.1 Å². The predicted octanol–water partition coefficient (Wildman–Crippen LogP) is 2.69. The zero-order chi connectivity index (χ0) is 13.8. The molecule has 1 fully saturated rings. The van der Waals surface area contributed by atoms with Gasteiger partial charge in [0, 0.05) is 31.7 Å². The van der Waals surface area contributed by atoms with Gasteiger partial charge in [0.25, 0.3) is 0 Å². The minimum absolute atomic E-state index is 0.154. The van der Waals surface area contributed by atoms with E-state index >= 15 is 0 Å². The van der Waals surface area contributed by atoms with E-state index in [2.05, 4.69) is 31.0 Å². The normalized spacial score (nSPS) is 22.7. The number of nitrogens with zero attached hydrogens (tertiary/aromatic N) is 1. The summed E-state index contributed by atoms with van der Waals surface area (Å²) in [5.41, 5.74) is 1.22. The minimum Gasteiger partial charge on any atom is -0.311 e. The van der Waals surface area contributed by atoms with Crippen molar-refractivity contribution in [1.29, 1.82) is 0 Å². The van der Waals surface area contributed by atoms with Crippen LogP contribution in [0.1, 0.15) is 26.3 Å². The van der Waals surface area contributed by atoms with E-state index < -0.39 is 0 Å². The Morgan fingerprint density at radius 2 is 1.95 bits per heavy atom. The number of rotatable bonds is 4. The van der Waals surface area contributed by atoms with Gasteiger partial charge in [0.15, 0.2) is 0 Å². The molecule has 1 aliphatic rings. The lowest BCUT2D eigenvalue weighted by molar-refractivity contribution is 0.134. The number of nitrogens with one attached hydrogen (secondary N) is 1. The van der Waals surface area contributed by atoms with Crippen molar-refractivity contribution in [3.8, 4) is 0 Å². The SMILES string of the molecule is CC(C)C1CN(C(C)Cc2ccc(F)cc2)CCN1. The maximum Gasteiger partial charge on any atom is 0.123 e. The van der Waals surface area contributed by atoms with Gasteiger partial charge < -0.3 is 5.32 Å². The molecule has 2 nitrogen and oxygen atoms in total. The average Bonchev–Trinajstić information content (AvgIpc) is 2.41. The van der Waals surface area contributed by atoms with Crippen molar-refractivity contribution in [2.24, 2.45) is 5.92 Å². The maximum absolute atomic E-state index is 12.9. The third-order valence-electron chi connectivity index (χ3n) is 4.11. The molecule has 0 spiro atoms. The van der Waals surface area contributed by atoms with Crippen LogP contribution in [0.15, 0.2) is 24.3 Å². The first-order valence-corrected chi connectivity index (χ1v) is 7.28. The molecular formula is C16H25FN2. The molecule has 1 aromatic carbocycles. The summed E-state index contributed by atoms with van der Waals surface area (Å²) in [7, 11) is 0. The lowest BCUT2D eigenvalue weighted by atomic mass is 9.99. The molecule has 2 rings (SSSR count). The van der Waals surface area contributed by atoms with Crippen LogP contribution < -0.4 is 5.32 Å². The fraction of sp³-hybridized carbons (Fsp3) is 0.625. The summed E-state index contributed by atoms with van der Waals surface area (Å²) in [6, 6.07) is 7.99. The van der Waals surface area contributed by atoms with Gasteiger partial charge in [-0.2, -0.15) is 0 Å². The second kappa shape index (κ2) is 6.49. The lowest BCUT2D eigenvalue weighted by Gasteiger charge is -2.39. The van der Waals surface area contributed by atoms with Crippen molar-refractivity contribution >= 4 is 0 Å². The van der Waals surface area contributed by atoms with Gasteiger partial charge in [-0.05, 0) is 37.0 Å². The minimum atomic E-state index is -0.154. The van der Waals surface area contributed by atoms with Crippen LogP contribution in [0.25, 0.3) is 0 Å². The highest BCUT2D eigenvalue weighted by atomic mass is 19.1. The Hall–Kier alpha value is -0.930. The van der Waals surface area contributed by atoms with Gasteiger partial charge in [-0.3, -0.25) is 4.90 Å². The molecule has 19 heavy (non-hydrogen) atoms. The molecule has 1 saturated heterocycles. The summed E-state index contributed by atoms with van der Waals surface area (Å²) in [6.07, 6.45) is 0.991. The molecule has 2 unspecified atom stereocenters. The van der Waals surface area contributed by atoms with Crippen molar-refractivity contribution in [3.63, 3.8) is 0 Å². The molecule has 1 N–H and O–H groups in total. The number of halogens is 1. The smallest absolute Gasteiger partial charge is 0.123 e. The van der Waals surface area contributed by atoms with Crippen LogP contribution in [0.5, 0.6) is 0 Å². The number of hydrogen-bond acceptors (Lipinski definition) is 2. The standard InChI is InChI=1S/C16H25FN2/c1-12(2)16-11-19(9-8-18-16)13(3)10-14-4-6-15(17)7-5-14/h4-7,12-13,16,18H,8-11H2,1-3H3. The Kier molecular flexibility index (Phi) is 4.94. The van der Waals surface area contributed by atoms with Crippen molar-refractivity contribution < 1.29 is 4.39 Å². The first-order valence-electron chi connectivity index (χ1n) is 7.28. The van der Waals surface area contributed by atoms with Gasteiger partial charge in [0.05, 0.1) is 0 Å². The van der Waals surface area contributed by atoms with E-state index in [1.165, 1.54) is 5.56 Å². The molecule has 0 aromatic heterocycles. The fourth-order valence-corrected chi connectivity index (χ4v) is 2.74. The molecule has 2 atom stereocenters. The highest BCUT2D eigenvalue weighted by molar-refractivity contribution is 5.17. The summed E-state index contributed by atoms with van der Waals surface area (Å²) < 4.78 is 12.9. The van der Waals surface area contributed by atoms with Crippen molar-refractivity contribution in [3.05, 3.63) is 35.6 Å². The highest BCUT2D eigenvalue weighted by Crippen LogP contribution is 2.14. The van der Waals surface area contributed by atoms with Crippen LogP contribution in [-0.4, -0.2) is 36.6 Å². The lowest BCUT2D eigenvalue weighted by Crippen LogP contribution is -2.55. The summed E-state index contributed by atoms with van der Waals surface area (Å²) in [5.74, 6) is 0.513. The van der Waals surface area contributed by atoms with E-state index in [4.69, 9.17) is 0 Å². The Balaban J connectivity index is 1.92. The molecule has 1 aromatic rings. The first kappa shape index (κ1) is 14.5. The topological polar surface area (TPSA) is 15.3 Å². The van der Waals surface area contributed by atoms with Crippen LogP contribution >= 0.6 is 0 Å². The van der Waals surface area contributed by atoms with Gasteiger partial charge in [-0.1, -0.05) is 26.0 Å². The van der Waals surface area contributed by atoms with Crippen LogP contribution in [0, 0.1) is 11.7 Å². The second-order valence-electron chi connectivity index (χ2n) is 5.98. The Bertz CT molecular complexity index is 388. The molecule has 0 bridgehead atoms. The monoisotopic (exact) mass is 264 g/mol. The van der Waals surface area contributed by atoms with Crippen molar-refractivity contribution in [2.75, 3.05) is 19.6 Å². The van der Waals surface area contributed by atoms with Crippen LogP contribution in [0.4, 0.5) is 4.39 Å². The fourth-order valence-electron chi connectivity index (χ4n) is 2.74. The number of benzene rings is 1. The van der Waals surface area contributed by atoms with Crippen LogP contribution in [0.2, 0.25) is 0 Å². The maximum atomic E-state index is 12.9. The molecule has 0 aliphatic carbocycles. The largest absolute Gasteiger partial charge is 0.311 e. The van der Waals surface area contributed by atoms with Gasteiger partial charge in [0.2, 0.25) is 0 Å². The first-order chi connectivity index (χ1) is 9.06. The molecule has 0 radical (unpaired) electrons. The van der Waals surface area contributed by atoms with Crippen molar-refractivity contribution in [1.82, 2.24) is 10.2 Å². The molecule has 1 aliphatic heterocycles. The quantitative estimate of drug-likeness (QED) is 0.899. The Morgan fingerprint density at radius 1 is 1.26 bits per heavy atom. The third kappa shape index (κ3) is 4.02. The average molecular weight is 264 g/mol. The predicted molar refractivity (Wildman–Crippen MR) is 77.8 cm³/mol. The molecule has 1 heterocycles. The van der Waals surface area contributed by atoms with Crippen LogP contribution in [-0.2, 0) is 6.42 Å². The molecule has 0 saturated carbocycles. The Morgan fingerprint density at radius 3 is 2.58 bits per heavy atom. The summed E-state index contributed by atoms with van der Waals surface area (Å²) in [4.78, 5) is 2.55. The van der Waals surface area contributed by atoms with Gasteiger partial charge in [-0.25, -0.2) is 4.39 Å². The van der Waals surface area contributed by atoms with E-state index in [9.17, 15) is 4.39 Å². The van der Waals surface area contributed by atoms with E-state index in [0.29, 0.717) is 18.0 Å². The van der Waals surface area contributed by atoms with E-state index in [1.54, 1.807) is 12.1 Å². The molecule has 3 heteroatoms. The summed E-state index contributed by atoms with van der Waals surface area (Å²) in [5, 5.41) is 3.58. The summed E-state index contributed by atoms with van der Waals surface area (Å²) >= 11 is 0. The zero-order valence-electron chi connectivity index (χ0n) is 12.2. The number of hydrogen-bond donors (Lipinski definition) is 1. The van der Waals surface area contributed by atoms with E-state index in [-0.39, 0.29) is 5.82 Å².